The van der Waals surface area contributed by atoms with E-state index in [4.69, 9.17) is 9.47 Å². The predicted molar refractivity (Wildman–Crippen MR) is 217 cm³/mol. The van der Waals surface area contributed by atoms with Gasteiger partial charge in [0.1, 0.15) is 0 Å². The number of anilines is 3. The van der Waals surface area contributed by atoms with Crippen molar-refractivity contribution in [2.75, 3.05) is 4.90 Å². The van der Waals surface area contributed by atoms with Crippen molar-refractivity contribution in [3.8, 4) is 45.3 Å². The van der Waals surface area contributed by atoms with E-state index >= 15 is 0 Å². The van der Waals surface area contributed by atoms with Crippen molar-refractivity contribution in [2.45, 2.75) is 5.41 Å². The largest absolute Gasteiger partial charge is 0.449 e. The summed E-state index contributed by atoms with van der Waals surface area (Å²) in [5.41, 5.74) is 12.6. The molecule has 0 saturated heterocycles. The molecular weight excluding hydrogens is 667 g/mol. The van der Waals surface area contributed by atoms with E-state index in [1.165, 1.54) is 64.7 Å². The predicted octanol–water partition coefficient (Wildman–Crippen LogP) is 13.8. The number of rotatable bonds is 3. The molecule has 0 radical (unpaired) electrons. The lowest BCUT2D eigenvalue weighted by Gasteiger charge is -2.32. The van der Waals surface area contributed by atoms with Gasteiger partial charge >= 0.3 is 0 Å². The molecule has 1 spiro atoms. The third-order valence-electron chi connectivity index (χ3n) is 11.3. The Balaban J connectivity index is 1.04. The maximum atomic E-state index is 7.04. The normalized spacial score (nSPS) is 13.7. The van der Waals surface area contributed by atoms with Crippen LogP contribution in [0.3, 0.4) is 0 Å². The highest BCUT2D eigenvalue weighted by Gasteiger charge is 2.52. The fraction of sp³-hybridized carbons (Fsp3) is 0.0204. The molecule has 248 valence electrons. The molecule has 2 aliphatic carbocycles. The molecule has 53 heavy (non-hydrogen) atoms. The second-order valence-corrected chi connectivity index (χ2v) is 15.1. The first kappa shape index (κ1) is 29.0. The highest BCUT2D eigenvalue weighted by molar-refractivity contribution is 7.25. The van der Waals surface area contributed by atoms with E-state index in [1.54, 1.807) is 0 Å². The summed E-state index contributed by atoms with van der Waals surface area (Å²) in [5.74, 6) is 2.81. The van der Waals surface area contributed by atoms with Gasteiger partial charge in [0.25, 0.3) is 0 Å². The van der Waals surface area contributed by atoms with Crippen LogP contribution in [0.5, 0.6) is 23.0 Å². The van der Waals surface area contributed by atoms with Crippen LogP contribution in [0.1, 0.15) is 22.3 Å². The van der Waals surface area contributed by atoms with Crippen molar-refractivity contribution in [1.29, 1.82) is 0 Å². The Kier molecular flexibility index (Phi) is 5.86. The van der Waals surface area contributed by atoms with Crippen molar-refractivity contribution < 1.29 is 9.47 Å². The van der Waals surface area contributed by atoms with Crippen LogP contribution in [0.15, 0.2) is 176 Å². The van der Waals surface area contributed by atoms with Crippen LogP contribution in [0.25, 0.3) is 42.4 Å². The molecule has 2 heterocycles. The van der Waals surface area contributed by atoms with Crippen LogP contribution in [-0.4, -0.2) is 0 Å². The third kappa shape index (κ3) is 3.88. The number of nitrogens with zero attached hydrogens (tertiary/aromatic N) is 1. The van der Waals surface area contributed by atoms with Crippen LogP contribution >= 0.6 is 11.3 Å². The van der Waals surface area contributed by atoms with Gasteiger partial charge in [-0.25, -0.2) is 0 Å². The van der Waals surface area contributed by atoms with Gasteiger partial charge in [-0.1, -0.05) is 115 Å². The second kappa shape index (κ2) is 10.7. The molecular formula is C49H29NO2S. The zero-order valence-electron chi connectivity index (χ0n) is 28.4. The van der Waals surface area contributed by atoms with Crippen LogP contribution in [0, 0.1) is 0 Å². The summed E-state index contributed by atoms with van der Waals surface area (Å²) >= 11 is 1.83. The Morgan fingerprint density at radius 1 is 0.396 bits per heavy atom. The molecule has 4 heteroatoms. The quantitative estimate of drug-likeness (QED) is 0.184. The number of hydrogen-bond acceptors (Lipinski definition) is 4. The second-order valence-electron chi connectivity index (χ2n) is 14.0. The van der Waals surface area contributed by atoms with Gasteiger partial charge in [-0.3, -0.25) is 0 Å². The SMILES string of the molecule is c1ccc(N(c2ccc3sc4ccccc4c3c2)c2cccc3c2Oc2cc4c(cc2O3)C2(c3ccccc3-c3ccccc32)c2ccccc2-4)cc1. The van der Waals surface area contributed by atoms with E-state index in [2.05, 4.69) is 175 Å². The molecule has 0 amide bonds. The standard InChI is InChI=1S/C49H29NO2S/c1-2-13-30(14-3-1)50(31-25-26-47-37(27-31)35-18-7-11-24-46(35)53-47)42-22-12-23-43-48(42)52-44-28-36-34-17-6-10-21-40(34)49(41(36)29-45(44)51-43)38-19-8-4-15-32(38)33-16-5-9-20-39(33)49/h1-29H. The lowest BCUT2D eigenvalue weighted by Crippen LogP contribution is -2.25. The van der Waals surface area contributed by atoms with E-state index in [-0.39, 0.29) is 0 Å². The van der Waals surface area contributed by atoms with Gasteiger partial charge in [-0.2, -0.15) is 0 Å². The van der Waals surface area contributed by atoms with E-state index in [0.29, 0.717) is 17.2 Å². The van der Waals surface area contributed by atoms with Crippen molar-refractivity contribution in [2.24, 2.45) is 0 Å². The molecule has 0 atom stereocenters. The smallest absolute Gasteiger partial charge is 0.194 e. The van der Waals surface area contributed by atoms with Gasteiger partial charge in [0.15, 0.2) is 23.0 Å². The summed E-state index contributed by atoms with van der Waals surface area (Å²) in [4.78, 5) is 2.28. The molecule has 3 nitrogen and oxygen atoms in total. The first-order chi connectivity index (χ1) is 26.3. The number of para-hydroxylation sites is 2. The summed E-state index contributed by atoms with van der Waals surface area (Å²) in [5, 5.41) is 2.51. The lowest BCUT2D eigenvalue weighted by molar-refractivity contribution is 0.360. The van der Waals surface area contributed by atoms with Crippen LogP contribution in [0.2, 0.25) is 0 Å². The molecule has 1 aromatic heterocycles. The van der Waals surface area contributed by atoms with Gasteiger partial charge in [-0.15, -0.1) is 11.3 Å². The summed E-state index contributed by atoms with van der Waals surface area (Å²) in [6.07, 6.45) is 0. The van der Waals surface area contributed by atoms with Crippen LogP contribution in [0.4, 0.5) is 17.1 Å². The van der Waals surface area contributed by atoms with Crippen molar-refractivity contribution in [1.82, 2.24) is 0 Å². The van der Waals surface area contributed by atoms with E-state index < -0.39 is 5.41 Å². The molecule has 12 rings (SSSR count). The molecule has 0 bridgehead atoms. The van der Waals surface area contributed by atoms with Crippen molar-refractivity contribution in [3.05, 3.63) is 198 Å². The fourth-order valence-corrected chi connectivity index (χ4v) is 10.3. The highest BCUT2D eigenvalue weighted by atomic mass is 32.1. The minimum absolute atomic E-state index is 0.450. The Morgan fingerprint density at radius 2 is 1.02 bits per heavy atom. The highest BCUT2D eigenvalue weighted by Crippen LogP contribution is 2.65. The lowest BCUT2D eigenvalue weighted by atomic mass is 9.70. The zero-order valence-corrected chi connectivity index (χ0v) is 29.2. The topological polar surface area (TPSA) is 21.7 Å². The molecule has 9 aromatic rings. The zero-order chi connectivity index (χ0) is 34.7. The van der Waals surface area contributed by atoms with Crippen LogP contribution in [-0.2, 0) is 5.41 Å². The fourth-order valence-electron chi connectivity index (χ4n) is 9.21. The number of ether oxygens (including phenoxy) is 2. The van der Waals surface area contributed by atoms with E-state index in [0.717, 1.165) is 22.8 Å². The minimum Gasteiger partial charge on any atom is -0.449 e. The molecule has 0 saturated carbocycles. The van der Waals surface area contributed by atoms with Gasteiger partial charge in [-0.05, 0) is 105 Å². The van der Waals surface area contributed by atoms with E-state index in [1.807, 2.05) is 17.4 Å². The number of thiophene rings is 1. The van der Waals surface area contributed by atoms with Crippen molar-refractivity contribution in [3.63, 3.8) is 0 Å². The first-order valence-electron chi connectivity index (χ1n) is 18.0. The van der Waals surface area contributed by atoms with Gasteiger partial charge in [0, 0.05) is 31.5 Å². The Hall–Kier alpha value is -6.62. The monoisotopic (exact) mass is 695 g/mol. The summed E-state index contributed by atoms with van der Waals surface area (Å²) in [7, 11) is 0. The average molecular weight is 696 g/mol. The van der Waals surface area contributed by atoms with Crippen molar-refractivity contribution >= 4 is 48.6 Å². The van der Waals surface area contributed by atoms with Gasteiger partial charge in [0.05, 0.1) is 11.1 Å². The summed E-state index contributed by atoms with van der Waals surface area (Å²) < 4.78 is 16.5. The molecule has 0 N–H and O–H groups in total. The number of benzene rings is 8. The third-order valence-corrected chi connectivity index (χ3v) is 12.5. The Labute approximate surface area is 310 Å². The average Bonchev–Trinajstić information content (AvgIpc) is 3.84. The molecule has 8 aromatic carbocycles. The summed E-state index contributed by atoms with van der Waals surface area (Å²) in [6.45, 7) is 0. The minimum atomic E-state index is -0.450. The number of fused-ring (bicyclic) bond motifs is 15. The van der Waals surface area contributed by atoms with Crippen LogP contribution < -0.4 is 14.4 Å². The molecule has 3 aliphatic rings. The molecule has 0 unspecified atom stereocenters. The van der Waals surface area contributed by atoms with E-state index in [9.17, 15) is 0 Å². The van der Waals surface area contributed by atoms with Gasteiger partial charge in [0.2, 0.25) is 0 Å². The first-order valence-corrected chi connectivity index (χ1v) is 18.8. The summed E-state index contributed by atoms with van der Waals surface area (Å²) in [6, 6.07) is 63.2. The maximum absolute atomic E-state index is 7.04. The Bertz CT molecular complexity index is 2930. The molecule has 0 fully saturated rings. The Morgan fingerprint density at radius 3 is 1.77 bits per heavy atom. The maximum Gasteiger partial charge on any atom is 0.194 e. The molecule has 1 aliphatic heterocycles. The number of hydrogen-bond donors (Lipinski definition) is 0. The van der Waals surface area contributed by atoms with Gasteiger partial charge < -0.3 is 14.4 Å².